The van der Waals surface area contributed by atoms with Gasteiger partial charge in [-0.2, -0.15) is 0 Å². The maximum Gasteiger partial charge on any atom is 0.253 e. The molecule has 1 N–H and O–H groups in total. The minimum Gasteiger partial charge on any atom is -0.383 e. The highest BCUT2D eigenvalue weighted by Crippen LogP contribution is 2.03. The van der Waals surface area contributed by atoms with Crippen molar-refractivity contribution in [2.45, 2.75) is 6.92 Å². The highest BCUT2D eigenvalue weighted by molar-refractivity contribution is 5.95. The summed E-state index contributed by atoms with van der Waals surface area (Å²) in [6.07, 6.45) is 3.23. The Morgan fingerprint density at radius 1 is 1.64 bits per heavy atom. The van der Waals surface area contributed by atoms with Crippen LogP contribution in [0.4, 0.5) is 0 Å². The first kappa shape index (κ1) is 10.7. The quantitative estimate of drug-likeness (QED) is 0.720. The topological polar surface area (TPSA) is 51.2 Å². The van der Waals surface area contributed by atoms with Gasteiger partial charge < -0.3 is 10.1 Å². The maximum absolute atomic E-state index is 11.5. The van der Waals surface area contributed by atoms with Crippen LogP contribution in [0.3, 0.4) is 0 Å². The van der Waals surface area contributed by atoms with E-state index in [1.807, 2.05) is 13.0 Å². The summed E-state index contributed by atoms with van der Waals surface area (Å²) in [7, 11) is 1.60. The summed E-state index contributed by atoms with van der Waals surface area (Å²) < 4.78 is 4.83. The molecule has 14 heavy (non-hydrogen) atoms. The fraction of sp³-hybridized carbons (Fsp3) is 0.400. The molecule has 0 fully saturated rings. The molecule has 0 atom stereocenters. The highest BCUT2D eigenvalue weighted by atomic mass is 16.5. The number of amides is 1. The van der Waals surface area contributed by atoms with Crippen molar-refractivity contribution in [2.75, 3.05) is 20.3 Å². The molecular formula is C10H14N2O2. The smallest absolute Gasteiger partial charge is 0.253 e. The van der Waals surface area contributed by atoms with Crippen molar-refractivity contribution in [1.82, 2.24) is 10.3 Å². The van der Waals surface area contributed by atoms with Crippen molar-refractivity contribution in [3.63, 3.8) is 0 Å². The number of aromatic nitrogens is 1. The molecular weight excluding hydrogens is 180 g/mol. The Kier molecular flexibility index (Phi) is 4.07. The van der Waals surface area contributed by atoms with E-state index in [4.69, 9.17) is 4.74 Å². The van der Waals surface area contributed by atoms with E-state index in [0.717, 1.165) is 5.56 Å². The molecule has 0 unspecified atom stereocenters. The SMILES string of the molecule is COCCNC(=O)c1cnccc1C. The molecule has 1 aromatic rings. The molecule has 0 bridgehead atoms. The lowest BCUT2D eigenvalue weighted by atomic mass is 10.1. The zero-order chi connectivity index (χ0) is 10.4. The highest BCUT2D eigenvalue weighted by Gasteiger charge is 2.06. The third kappa shape index (κ3) is 2.81. The van der Waals surface area contributed by atoms with Gasteiger partial charge in [-0.25, -0.2) is 0 Å². The predicted octanol–water partition coefficient (Wildman–Crippen LogP) is 0.766. The summed E-state index contributed by atoms with van der Waals surface area (Å²) in [6.45, 7) is 2.92. The van der Waals surface area contributed by atoms with Crippen molar-refractivity contribution >= 4 is 5.91 Å². The first-order valence-electron chi connectivity index (χ1n) is 4.43. The summed E-state index contributed by atoms with van der Waals surface area (Å²) in [4.78, 5) is 15.4. The number of ether oxygens (including phenoxy) is 1. The number of pyridine rings is 1. The maximum atomic E-state index is 11.5. The number of aryl methyl sites for hydroxylation is 1. The van der Waals surface area contributed by atoms with Gasteiger partial charge in [0.1, 0.15) is 0 Å². The minimum absolute atomic E-state index is 0.104. The van der Waals surface area contributed by atoms with Gasteiger partial charge in [0.25, 0.3) is 5.91 Å². The molecule has 0 aliphatic rings. The second-order valence-electron chi connectivity index (χ2n) is 2.94. The van der Waals surface area contributed by atoms with Gasteiger partial charge >= 0.3 is 0 Å². The van der Waals surface area contributed by atoms with Crippen LogP contribution in [0.2, 0.25) is 0 Å². The summed E-state index contributed by atoms with van der Waals surface area (Å²) in [6, 6.07) is 1.81. The lowest BCUT2D eigenvalue weighted by Crippen LogP contribution is -2.27. The molecule has 4 heteroatoms. The van der Waals surface area contributed by atoms with Gasteiger partial charge in [0.15, 0.2) is 0 Å². The van der Waals surface area contributed by atoms with E-state index < -0.39 is 0 Å². The number of rotatable bonds is 4. The van der Waals surface area contributed by atoms with E-state index in [2.05, 4.69) is 10.3 Å². The van der Waals surface area contributed by atoms with E-state index in [-0.39, 0.29) is 5.91 Å². The van der Waals surface area contributed by atoms with E-state index in [9.17, 15) is 4.79 Å². The van der Waals surface area contributed by atoms with E-state index in [1.54, 1.807) is 19.5 Å². The molecule has 4 nitrogen and oxygen atoms in total. The standard InChI is InChI=1S/C10H14N2O2/c1-8-3-4-11-7-9(8)10(13)12-5-6-14-2/h3-4,7H,5-6H2,1-2H3,(H,12,13). The van der Waals surface area contributed by atoms with Crippen LogP contribution in [0.25, 0.3) is 0 Å². The molecule has 0 spiro atoms. The molecule has 1 rings (SSSR count). The second-order valence-corrected chi connectivity index (χ2v) is 2.94. The molecule has 0 radical (unpaired) electrons. The van der Waals surface area contributed by atoms with Gasteiger partial charge in [0, 0.05) is 26.0 Å². The number of hydrogen-bond acceptors (Lipinski definition) is 3. The zero-order valence-corrected chi connectivity index (χ0v) is 8.41. The monoisotopic (exact) mass is 194 g/mol. The van der Waals surface area contributed by atoms with Gasteiger partial charge in [-0.3, -0.25) is 9.78 Å². The molecule has 1 aromatic heterocycles. The Morgan fingerprint density at radius 3 is 3.07 bits per heavy atom. The molecule has 1 heterocycles. The molecule has 0 saturated carbocycles. The molecule has 76 valence electrons. The van der Waals surface area contributed by atoms with Gasteiger partial charge in [-0.05, 0) is 18.6 Å². The number of methoxy groups -OCH3 is 1. The zero-order valence-electron chi connectivity index (χ0n) is 8.41. The van der Waals surface area contributed by atoms with Crippen molar-refractivity contribution in [3.05, 3.63) is 29.6 Å². The van der Waals surface area contributed by atoms with Crippen LogP contribution >= 0.6 is 0 Å². The van der Waals surface area contributed by atoms with Gasteiger partial charge in [-0.1, -0.05) is 0 Å². The normalized spacial score (nSPS) is 9.86. The molecule has 0 aliphatic carbocycles. The lowest BCUT2D eigenvalue weighted by Gasteiger charge is -2.05. The van der Waals surface area contributed by atoms with Crippen molar-refractivity contribution < 1.29 is 9.53 Å². The van der Waals surface area contributed by atoms with Crippen LogP contribution in [-0.2, 0) is 4.74 Å². The van der Waals surface area contributed by atoms with Crippen LogP contribution < -0.4 is 5.32 Å². The summed E-state index contributed by atoms with van der Waals surface area (Å²) in [5.41, 5.74) is 1.54. The lowest BCUT2D eigenvalue weighted by molar-refractivity contribution is 0.0936. The summed E-state index contributed by atoms with van der Waals surface area (Å²) in [5.74, 6) is -0.104. The molecule has 1 amide bonds. The van der Waals surface area contributed by atoms with Crippen molar-refractivity contribution in [2.24, 2.45) is 0 Å². The largest absolute Gasteiger partial charge is 0.383 e. The second kappa shape index (κ2) is 5.34. The van der Waals surface area contributed by atoms with Crippen LogP contribution in [0, 0.1) is 6.92 Å². The van der Waals surface area contributed by atoms with Gasteiger partial charge in [0.05, 0.1) is 12.2 Å². The Labute approximate surface area is 83.3 Å². The van der Waals surface area contributed by atoms with Crippen molar-refractivity contribution in [3.8, 4) is 0 Å². The van der Waals surface area contributed by atoms with Gasteiger partial charge in [-0.15, -0.1) is 0 Å². The third-order valence-corrected chi connectivity index (χ3v) is 1.88. The number of nitrogens with zero attached hydrogens (tertiary/aromatic N) is 1. The summed E-state index contributed by atoms with van der Waals surface area (Å²) in [5, 5.41) is 2.74. The van der Waals surface area contributed by atoms with Crippen LogP contribution in [-0.4, -0.2) is 31.2 Å². The molecule has 0 aliphatic heterocycles. The fourth-order valence-corrected chi connectivity index (χ4v) is 1.06. The number of hydrogen-bond donors (Lipinski definition) is 1. The van der Waals surface area contributed by atoms with E-state index in [1.165, 1.54) is 0 Å². The van der Waals surface area contributed by atoms with E-state index >= 15 is 0 Å². The number of nitrogens with one attached hydrogen (secondary N) is 1. The first-order chi connectivity index (χ1) is 6.75. The van der Waals surface area contributed by atoms with Crippen LogP contribution in [0.1, 0.15) is 15.9 Å². The Balaban J connectivity index is 2.56. The average Bonchev–Trinajstić information content (AvgIpc) is 2.18. The minimum atomic E-state index is -0.104. The number of carbonyl (C=O) groups is 1. The number of carbonyl (C=O) groups excluding carboxylic acids is 1. The molecule has 0 saturated heterocycles. The summed E-state index contributed by atoms with van der Waals surface area (Å²) >= 11 is 0. The Bertz CT molecular complexity index is 313. The van der Waals surface area contributed by atoms with Crippen molar-refractivity contribution in [1.29, 1.82) is 0 Å². The van der Waals surface area contributed by atoms with Gasteiger partial charge in [0.2, 0.25) is 0 Å². The average molecular weight is 194 g/mol. The Hall–Kier alpha value is -1.42. The van der Waals surface area contributed by atoms with E-state index in [0.29, 0.717) is 18.7 Å². The predicted molar refractivity (Wildman–Crippen MR) is 53.2 cm³/mol. The molecule has 0 aromatic carbocycles. The van der Waals surface area contributed by atoms with Crippen LogP contribution in [0.5, 0.6) is 0 Å². The fourth-order valence-electron chi connectivity index (χ4n) is 1.06. The first-order valence-corrected chi connectivity index (χ1v) is 4.43. The van der Waals surface area contributed by atoms with Crippen LogP contribution in [0.15, 0.2) is 18.5 Å². The Morgan fingerprint density at radius 2 is 2.43 bits per heavy atom. The third-order valence-electron chi connectivity index (χ3n) is 1.88.